The zero-order valence-corrected chi connectivity index (χ0v) is 14.6. The zero-order valence-electron chi connectivity index (χ0n) is 12.8. The van der Waals surface area contributed by atoms with Crippen LogP contribution in [0.4, 0.5) is 0 Å². The molecule has 0 bridgehead atoms. The van der Waals surface area contributed by atoms with Crippen LogP contribution in [0.25, 0.3) is 0 Å². The quantitative estimate of drug-likeness (QED) is 0.619. The summed E-state index contributed by atoms with van der Waals surface area (Å²) in [5.41, 5.74) is 1.32. The smallest absolute Gasteiger partial charge is 0.181 e. The highest BCUT2D eigenvalue weighted by atomic mass is 32.2. The first-order valence-electron chi connectivity index (χ1n) is 7.16. The molecular weight excluding hydrogens is 284 g/mol. The van der Waals surface area contributed by atoms with E-state index in [1.54, 1.807) is 12.1 Å². The molecular formula is C16H24O2SSi. The minimum atomic E-state index is -3.29. The fraction of sp³-hybridized carbons (Fsp3) is 0.500. The first kappa shape index (κ1) is 15.5. The maximum atomic E-state index is 13.3. The van der Waals surface area contributed by atoms with Gasteiger partial charge in [0.25, 0.3) is 0 Å². The molecule has 0 aromatic heterocycles. The molecule has 0 saturated carbocycles. The second kappa shape index (κ2) is 5.15. The first-order valence-corrected chi connectivity index (χ1v) is 12.1. The van der Waals surface area contributed by atoms with Crippen molar-refractivity contribution < 1.29 is 8.42 Å². The van der Waals surface area contributed by atoms with Gasteiger partial charge < -0.3 is 0 Å². The summed E-state index contributed by atoms with van der Waals surface area (Å²) in [6.07, 6.45) is 4.48. The molecule has 0 unspecified atom stereocenters. The lowest BCUT2D eigenvalue weighted by molar-refractivity contribution is 0.537. The van der Waals surface area contributed by atoms with Crippen LogP contribution >= 0.6 is 0 Å². The largest absolute Gasteiger partial charge is 0.223 e. The monoisotopic (exact) mass is 308 g/mol. The summed E-state index contributed by atoms with van der Waals surface area (Å²) in [5, 5.41) is 0. The van der Waals surface area contributed by atoms with Gasteiger partial charge >= 0.3 is 0 Å². The summed E-state index contributed by atoms with van der Waals surface area (Å²) in [5.74, 6) is 0. The molecule has 0 aliphatic heterocycles. The third kappa shape index (κ3) is 2.39. The van der Waals surface area contributed by atoms with E-state index in [2.05, 4.69) is 32.6 Å². The zero-order chi connectivity index (χ0) is 15.0. The van der Waals surface area contributed by atoms with Crippen LogP contribution in [-0.4, -0.2) is 20.9 Å². The standard InChI is InChI=1S/C16H24O2SSi/c1-14-10-12-16(13-11-14,20(2,3)4)19(17,18)15-8-6-5-7-9-15/h5-10H,11-13H2,1-4H3/t16-/m1/s1. The Balaban J connectivity index is 2.60. The molecule has 2 rings (SSSR count). The third-order valence-corrected chi connectivity index (χ3v) is 12.8. The van der Waals surface area contributed by atoms with Crippen molar-refractivity contribution in [3.05, 3.63) is 42.0 Å². The average Bonchev–Trinajstić information content (AvgIpc) is 2.39. The third-order valence-electron chi connectivity index (χ3n) is 4.64. The Morgan fingerprint density at radius 1 is 1.10 bits per heavy atom. The van der Waals surface area contributed by atoms with E-state index >= 15 is 0 Å². The minimum absolute atomic E-state index is 0.482. The van der Waals surface area contributed by atoms with E-state index < -0.39 is 22.3 Å². The van der Waals surface area contributed by atoms with E-state index in [0.717, 1.165) is 12.8 Å². The number of rotatable bonds is 3. The Labute approximate surface area is 123 Å². The molecule has 1 aliphatic carbocycles. The van der Waals surface area contributed by atoms with Gasteiger partial charge in [0.05, 0.1) is 17.3 Å². The predicted octanol–water partition coefficient (Wildman–Crippen LogP) is 4.21. The SMILES string of the molecule is CC1=CC[C@]([Si](C)(C)C)(S(=O)(=O)c2ccccc2)CC1. The number of hydrogen-bond donors (Lipinski definition) is 0. The van der Waals surface area contributed by atoms with Gasteiger partial charge in [-0.2, -0.15) is 0 Å². The Morgan fingerprint density at radius 2 is 1.70 bits per heavy atom. The number of sulfone groups is 1. The van der Waals surface area contributed by atoms with Crippen molar-refractivity contribution in [2.24, 2.45) is 0 Å². The number of benzene rings is 1. The van der Waals surface area contributed by atoms with Crippen LogP contribution in [0.1, 0.15) is 26.2 Å². The lowest BCUT2D eigenvalue weighted by Crippen LogP contribution is -2.58. The van der Waals surface area contributed by atoms with Crippen molar-refractivity contribution in [2.45, 2.75) is 55.1 Å². The Hall–Kier alpha value is -0.873. The lowest BCUT2D eigenvalue weighted by atomic mass is 10.00. The summed E-state index contributed by atoms with van der Waals surface area (Å²) in [4.78, 5) is 0.482. The van der Waals surface area contributed by atoms with Gasteiger partial charge in [-0.25, -0.2) is 8.42 Å². The van der Waals surface area contributed by atoms with E-state index in [9.17, 15) is 8.42 Å². The van der Waals surface area contributed by atoms with Crippen molar-refractivity contribution in [1.29, 1.82) is 0 Å². The van der Waals surface area contributed by atoms with Gasteiger partial charge in [0, 0.05) is 0 Å². The molecule has 4 heteroatoms. The summed E-state index contributed by atoms with van der Waals surface area (Å²) >= 11 is 0. The molecule has 1 aromatic rings. The van der Waals surface area contributed by atoms with E-state index in [0.29, 0.717) is 11.3 Å². The van der Waals surface area contributed by atoms with Crippen LogP contribution in [0.2, 0.25) is 19.6 Å². The van der Waals surface area contributed by atoms with Gasteiger partial charge in [-0.3, -0.25) is 0 Å². The Bertz CT molecular complexity index is 612. The van der Waals surface area contributed by atoms with Gasteiger partial charge in [-0.15, -0.1) is 0 Å². The summed E-state index contributed by atoms with van der Waals surface area (Å²) in [6.45, 7) is 8.65. The van der Waals surface area contributed by atoms with Crippen LogP contribution in [0, 0.1) is 0 Å². The van der Waals surface area contributed by atoms with E-state index in [-0.39, 0.29) is 0 Å². The molecule has 1 aliphatic rings. The van der Waals surface area contributed by atoms with Crippen molar-refractivity contribution >= 4 is 17.9 Å². The highest BCUT2D eigenvalue weighted by Crippen LogP contribution is 2.44. The molecule has 20 heavy (non-hydrogen) atoms. The van der Waals surface area contributed by atoms with Crippen LogP contribution in [0.15, 0.2) is 46.9 Å². The molecule has 1 atom stereocenters. The van der Waals surface area contributed by atoms with Gasteiger partial charge in [0.1, 0.15) is 0 Å². The van der Waals surface area contributed by atoms with Crippen LogP contribution in [-0.2, 0) is 9.84 Å². The molecule has 0 heterocycles. The maximum absolute atomic E-state index is 13.3. The second-order valence-electron chi connectivity index (χ2n) is 6.82. The molecule has 0 radical (unpaired) electrons. The molecule has 110 valence electrons. The van der Waals surface area contributed by atoms with Gasteiger partial charge in [-0.1, -0.05) is 49.5 Å². The predicted molar refractivity (Wildman–Crippen MR) is 87.3 cm³/mol. The topological polar surface area (TPSA) is 34.1 Å². The van der Waals surface area contributed by atoms with E-state index in [1.807, 2.05) is 18.2 Å². The van der Waals surface area contributed by atoms with Crippen LogP contribution < -0.4 is 0 Å². The first-order chi connectivity index (χ1) is 9.21. The van der Waals surface area contributed by atoms with Gasteiger partial charge in [-0.05, 0) is 38.3 Å². The summed E-state index contributed by atoms with van der Waals surface area (Å²) in [6, 6.07) is 8.97. The van der Waals surface area contributed by atoms with Crippen molar-refractivity contribution in [2.75, 3.05) is 0 Å². The van der Waals surface area contributed by atoms with Crippen molar-refractivity contribution in [3.8, 4) is 0 Å². The maximum Gasteiger partial charge on any atom is 0.181 e. The molecule has 0 spiro atoms. The van der Waals surface area contributed by atoms with E-state index in [1.165, 1.54) is 5.57 Å². The number of hydrogen-bond acceptors (Lipinski definition) is 2. The Kier molecular flexibility index (Phi) is 4.00. The van der Waals surface area contributed by atoms with Gasteiger partial charge in [0.15, 0.2) is 9.84 Å². The fourth-order valence-corrected chi connectivity index (χ4v) is 9.90. The van der Waals surface area contributed by atoms with E-state index in [4.69, 9.17) is 0 Å². The highest BCUT2D eigenvalue weighted by molar-refractivity contribution is 7.94. The van der Waals surface area contributed by atoms with Crippen molar-refractivity contribution in [1.82, 2.24) is 0 Å². The minimum Gasteiger partial charge on any atom is -0.223 e. The fourth-order valence-electron chi connectivity index (χ4n) is 3.10. The Morgan fingerprint density at radius 3 is 2.15 bits per heavy atom. The van der Waals surface area contributed by atoms with Crippen molar-refractivity contribution in [3.63, 3.8) is 0 Å². The summed E-state index contributed by atoms with van der Waals surface area (Å²) < 4.78 is 26.0. The molecule has 0 saturated heterocycles. The van der Waals surface area contributed by atoms with Crippen LogP contribution in [0.3, 0.4) is 0 Å². The summed E-state index contributed by atoms with van der Waals surface area (Å²) in [7, 11) is -5.17. The van der Waals surface area contributed by atoms with Gasteiger partial charge in [0.2, 0.25) is 0 Å². The highest BCUT2D eigenvalue weighted by Gasteiger charge is 2.53. The molecule has 0 N–H and O–H groups in total. The average molecular weight is 309 g/mol. The molecule has 2 nitrogen and oxygen atoms in total. The van der Waals surface area contributed by atoms with Crippen LogP contribution in [0.5, 0.6) is 0 Å². The molecule has 0 fully saturated rings. The molecule has 0 amide bonds. The normalized spacial score (nSPS) is 24.3. The molecule has 1 aromatic carbocycles. The second-order valence-corrected chi connectivity index (χ2v) is 14.9. The number of allylic oxidation sites excluding steroid dienone is 2. The lowest BCUT2D eigenvalue weighted by Gasteiger charge is -2.44.